The molecule has 0 radical (unpaired) electrons. The second kappa shape index (κ2) is 15.3. The predicted octanol–water partition coefficient (Wildman–Crippen LogP) is 2.94. The summed E-state index contributed by atoms with van der Waals surface area (Å²) in [7, 11) is 0. The van der Waals surface area contributed by atoms with Crippen LogP contribution in [0.1, 0.15) is 36.8 Å². The van der Waals surface area contributed by atoms with Crippen molar-refractivity contribution in [2.75, 3.05) is 13.6 Å². The Morgan fingerprint density at radius 1 is 0.553 bits per heavy atom. The lowest BCUT2D eigenvalue weighted by Gasteiger charge is -2.07. The molecule has 0 heterocycles. The molecule has 0 saturated carbocycles. The number of carbonyl (C=O) groups excluding carboxylic acids is 4. The highest BCUT2D eigenvalue weighted by atomic mass is 16.7. The van der Waals surface area contributed by atoms with Gasteiger partial charge in [0.2, 0.25) is 13.6 Å². The Morgan fingerprint density at radius 2 is 0.868 bits per heavy atom. The highest BCUT2D eigenvalue weighted by Gasteiger charge is 2.12. The van der Waals surface area contributed by atoms with Crippen LogP contribution in [0.15, 0.2) is 48.5 Å². The van der Waals surface area contributed by atoms with Crippen LogP contribution in [0.2, 0.25) is 0 Å². The number of hydrogen-bond donors (Lipinski definition) is 0. The molecule has 0 aromatic heterocycles. The maximum Gasteiger partial charge on any atom is 0.313 e. The quantitative estimate of drug-likeness (QED) is 0.107. The van der Waals surface area contributed by atoms with Crippen molar-refractivity contribution in [2.24, 2.45) is 0 Å². The van der Waals surface area contributed by atoms with Gasteiger partial charge >= 0.3 is 23.9 Å². The second-order valence-electron chi connectivity index (χ2n) is 7.71. The number of unbranched alkanes of at least 4 members (excludes halogenated alkanes) is 1. The molecule has 0 aliphatic carbocycles. The molecule has 0 amide bonds. The number of benzene rings is 2. The summed E-state index contributed by atoms with van der Waals surface area (Å²) in [4.78, 5) is 67.0. The fourth-order valence-electron chi connectivity index (χ4n) is 2.91. The molecule has 0 atom stereocenters. The zero-order chi connectivity index (χ0) is 27.9. The molecule has 0 fully saturated rings. The van der Waals surface area contributed by atoms with E-state index in [0.717, 1.165) is 0 Å². The van der Waals surface area contributed by atoms with Gasteiger partial charge in [-0.3, -0.25) is 39.4 Å². The number of non-ortho nitro benzene ring substituents is 2. The standard InChI is InChI=1S/C24H24N2O12/c27-21(35-15-37-23(29)13-17-5-9-19(10-6-17)25(31)32)3-1-2-4-22(28)36-16-38-24(30)14-18-7-11-20(12-8-18)26(33)34/h5-12H,1-4,13-16H2. The maximum atomic E-state index is 11.8. The lowest BCUT2D eigenvalue weighted by molar-refractivity contribution is -0.385. The molecule has 0 aliphatic rings. The summed E-state index contributed by atoms with van der Waals surface area (Å²) in [6, 6.07) is 10.7. The molecule has 2 aromatic rings. The first-order valence-corrected chi connectivity index (χ1v) is 11.2. The summed E-state index contributed by atoms with van der Waals surface area (Å²) in [5.74, 6) is -2.63. The van der Waals surface area contributed by atoms with Gasteiger partial charge in [-0.05, 0) is 24.0 Å². The van der Waals surface area contributed by atoms with E-state index in [4.69, 9.17) is 18.9 Å². The molecule has 0 bridgehead atoms. The fourth-order valence-corrected chi connectivity index (χ4v) is 2.91. The summed E-state index contributed by atoms with van der Waals surface area (Å²) in [6.07, 6.45) is 0.234. The van der Waals surface area contributed by atoms with E-state index in [1.807, 2.05) is 0 Å². The zero-order valence-corrected chi connectivity index (χ0v) is 20.1. The SMILES string of the molecule is O=C(CCCCC(=O)OCOC(=O)Cc1ccc([N+](=O)[O-])cc1)OCOC(=O)Cc1ccc([N+](=O)[O-])cc1. The molecular formula is C24H24N2O12. The van der Waals surface area contributed by atoms with Gasteiger partial charge in [0, 0.05) is 37.1 Å². The molecule has 0 saturated heterocycles. The first-order valence-electron chi connectivity index (χ1n) is 11.2. The number of nitrogens with zero attached hydrogens (tertiary/aromatic N) is 2. The molecule has 0 aliphatic heterocycles. The van der Waals surface area contributed by atoms with E-state index in [0.29, 0.717) is 24.0 Å². The van der Waals surface area contributed by atoms with Crippen molar-refractivity contribution in [2.45, 2.75) is 38.5 Å². The summed E-state index contributed by atoms with van der Waals surface area (Å²) in [5.41, 5.74) is 0.783. The van der Waals surface area contributed by atoms with Gasteiger partial charge in [-0.25, -0.2) is 0 Å². The molecule has 2 aromatic carbocycles. The van der Waals surface area contributed by atoms with E-state index >= 15 is 0 Å². The number of nitro benzene ring substituents is 2. The lowest BCUT2D eigenvalue weighted by atomic mass is 10.1. The first kappa shape index (κ1) is 29.4. The van der Waals surface area contributed by atoms with E-state index in [1.165, 1.54) is 48.5 Å². The Balaban J connectivity index is 1.50. The van der Waals surface area contributed by atoms with E-state index in [1.54, 1.807) is 0 Å². The Labute approximate surface area is 215 Å². The summed E-state index contributed by atoms with van der Waals surface area (Å²) in [6.45, 7) is -1.17. The highest BCUT2D eigenvalue weighted by Crippen LogP contribution is 2.14. The number of ether oxygens (including phenoxy) is 4. The monoisotopic (exact) mass is 532 g/mol. The van der Waals surface area contributed by atoms with Crippen LogP contribution in [0.5, 0.6) is 0 Å². The molecule has 0 spiro atoms. The van der Waals surface area contributed by atoms with Crippen molar-refractivity contribution in [1.82, 2.24) is 0 Å². The van der Waals surface area contributed by atoms with Crippen LogP contribution in [-0.2, 0) is 51.0 Å². The van der Waals surface area contributed by atoms with Gasteiger partial charge in [0.05, 0.1) is 22.7 Å². The van der Waals surface area contributed by atoms with Crippen LogP contribution in [-0.4, -0.2) is 47.3 Å². The maximum absolute atomic E-state index is 11.8. The third-order valence-corrected chi connectivity index (χ3v) is 4.88. The first-order chi connectivity index (χ1) is 18.1. The van der Waals surface area contributed by atoms with Gasteiger partial charge in [-0.2, -0.15) is 0 Å². The van der Waals surface area contributed by atoms with E-state index in [-0.39, 0.29) is 37.1 Å². The average molecular weight is 532 g/mol. The van der Waals surface area contributed by atoms with Crippen LogP contribution in [0.3, 0.4) is 0 Å². The number of hydrogen-bond acceptors (Lipinski definition) is 12. The summed E-state index contributed by atoms with van der Waals surface area (Å²) < 4.78 is 19.2. The van der Waals surface area contributed by atoms with Crippen molar-refractivity contribution in [3.8, 4) is 0 Å². The lowest BCUT2D eigenvalue weighted by Crippen LogP contribution is -2.15. The number of carbonyl (C=O) groups is 4. The van der Waals surface area contributed by atoms with Crippen molar-refractivity contribution in [3.63, 3.8) is 0 Å². The Hall–Kier alpha value is -4.88. The van der Waals surface area contributed by atoms with Crippen molar-refractivity contribution in [1.29, 1.82) is 0 Å². The minimum Gasteiger partial charge on any atom is -0.428 e. The van der Waals surface area contributed by atoms with E-state index in [2.05, 4.69) is 0 Å². The molecule has 2 rings (SSSR count). The molecule has 0 unspecified atom stereocenters. The smallest absolute Gasteiger partial charge is 0.313 e. The van der Waals surface area contributed by atoms with Gasteiger partial charge in [-0.1, -0.05) is 24.3 Å². The molecule has 38 heavy (non-hydrogen) atoms. The molecule has 202 valence electrons. The van der Waals surface area contributed by atoms with Crippen molar-refractivity contribution in [3.05, 3.63) is 79.9 Å². The second-order valence-corrected chi connectivity index (χ2v) is 7.71. The Bertz CT molecular complexity index is 1050. The number of esters is 4. The molecule has 0 N–H and O–H groups in total. The predicted molar refractivity (Wildman–Crippen MR) is 126 cm³/mol. The third-order valence-electron chi connectivity index (χ3n) is 4.88. The number of nitro groups is 2. The minimum atomic E-state index is -0.678. The van der Waals surface area contributed by atoms with Gasteiger partial charge < -0.3 is 18.9 Å². The van der Waals surface area contributed by atoms with Crippen LogP contribution < -0.4 is 0 Å². The highest BCUT2D eigenvalue weighted by molar-refractivity contribution is 5.74. The van der Waals surface area contributed by atoms with E-state index < -0.39 is 47.3 Å². The van der Waals surface area contributed by atoms with Gasteiger partial charge in [-0.15, -0.1) is 0 Å². The summed E-state index contributed by atoms with van der Waals surface area (Å²) in [5, 5.41) is 21.2. The van der Waals surface area contributed by atoms with Crippen LogP contribution in [0.4, 0.5) is 11.4 Å². The average Bonchev–Trinajstić information content (AvgIpc) is 2.87. The van der Waals surface area contributed by atoms with E-state index in [9.17, 15) is 39.4 Å². The topological polar surface area (TPSA) is 191 Å². The normalized spacial score (nSPS) is 10.2. The largest absolute Gasteiger partial charge is 0.428 e. The Morgan fingerprint density at radius 3 is 1.18 bits per heavy atom. The number of rotatable bonds is 15. The zero-order valence-electron chi connectivity index (χ0n) is 20.1. The van der Waals surface area contributed by atoms with Gasteiger partial charge in [0.25, 0.3) is 11.4 Å². The molecule has 14 heteroatoms. The van der Waals surface area contributed by atoms with Gasteiger partial charge in [0.15, 0.2) is 0 Å². The van der Waals surface area contributed by atoms with Crippen LogP contribution >= 0.6 is 0 Å². The van der Waals surface area contributed by atoms with Crippen molar-refractivity contribution < 1.29 is 48.0 Å². The van der Waals surface area contributed by atoms with Crippen molar-refractivity contribution >= 4 is 35.3 Å². The Kier molecular flexibility index (Phi) is 11.8. The van der Waals surface area contributed by atoms with Crippen LogP contribution in [0, 0.1) is 20.2 Å². The van der Waals surface area contributed by atoms with Crippen LogP contribution in [0.25, 0.3) is 0 Å². The minimum absolute atomic E-state index is 0.0304. The molecular weight excluding hydrogens is 508 g/mol. The third kappa shape index (κ3) is 11.2. The molecule has 14 nitrogen and oxygen atoms in total. The fraction of sp³-hybridized carbons (Fsp3) is 0.333. The summed E-state index contributed by atoms with van der Waals surface area (Å²) >= 11 is 0. The van der Waals surface area contributed by atoms with Gasteiger partial charge in [0.1, 0.15) is 0 Å².